The van der Waals surface area contributed by atoms with Crippen molar-refractivity contribution in [3.8, 4) is 0 Å². The zero-order valence-corrected chi connectivity index (χ0v) is 14.7. The molecule has 0 aromatic heterocycles. The summed E-state index contributed by atoms with van der Waals surface area (Å²) in [7, 11) is -3.26. The first-order chi connectivity index (χ1) is 11.3. The zero-order chi connectivity index (χ0) is 17.7. The molecule has 1 fully saturated rings. The van der Waals surface area contributed by atoms with Crippen molar-refractivity contribution in [1.82, 2.24) is 14.9 Å². The van der Waals surface area contributed by atoms with E-state index < -0.39 is 15.9 Å². The van der Waals surface area contributed by atoms with Crippen molar-refractivity contribution in [2.45, 2.75) is 19.4 Å². The van der Waals surface area contributed by atoms with Gasteiger partial charge in [0.25, 0.3) is 0 Å². The van der Waals surface area contributed by atoms with Crippen molar-refractivity contribution in [2.24, 2.45) is 5.92 Å². The Morgan fingerprint density at radius 1 is 1.29 bits per heavy atom. The lowest BCUT2D eigenvalue weighted by atomic mass is 10.1. The number of sulfonamides is 1. The van der Waals surface area contributed by atoms with Gasteiger partial charge in [-0.1, -0.05) is 30.3 Å². The van der Waals surface area contributed by atoms with Gasteiger partial charge in [-0.05, 0) is 12.5 Å². The summed E-state index contributed by atoms with van der Waals surface area (Å²) in [6.45, 7) is 2.66. The highest BCUT2D eigenvalue weighted by Crippen LogP contribution is 2.28. The van der Waals surface area contributed by atoms with E-state index in [4.69, 9.17) is 0 Å². The first kappa shape index (κ1) is 18.4. The molecule has 1 aliphatic heterocycles. The summed E-state index contributed by atoms with van der Waals surface area (Å²) < 4.78 is 24.2. The molecule has 24 heavy (non-hydrogen) atoms. The van der Waals surface area contributed by atoms with Gasteiger partial charge in [-0.15, -0.1) is 0 Å². The van der Waals surface area contributed by atoms with Crippen LogP contribution in [0.5, 0.6) is 0 Å². The normalized spacial score (nSPS) is 19.3. The van der Waals surface area contributed by atoms with Crippen LogP contribution in [0.2, 0.25) is 0 Å². The molecule has 2 N–H and O–H groups in total. The molecule has 2 amide bonds. The first-order valence-electron chi connectivity index (χ1n) is 7.84. The maximum atomic E-state index is 12.2. The van der Waals surface area contributed by atoms with Gasteiger partial charge in [-0.25, -0.2) is 13.1 Å². The lowest BCUT2D eigenvalue weighted by molar-refractivity contribution is -0.130. The Balaban J connectivity index is 1.86. The molecule has 0 saturated carbocycles. The van der Waals surface area contributed by atoms with Crippen LogP contribution in [0.25, 0.3) is 0 Å². The number of nitrogens with zero attached hydrogens (tertiary/aromatic N) is 1. The molecule has 1 heterocycles. The van der Waals surface area contributed by atoms with E-state index in [-0.39, 0.29) is 37.4 Å². The Kier molecular flexibility index (Phi) is 5.95. The number of nitrogens with one attached hydrogen (secondary N) is 2. The summed E-state index contributed by atoms with van der Waals surface area (Å²) in [5, 5.41) is 2.67. The average Bonchev–Trinajstić information content (AvgIpc) is 2.92. The number of hydrogen-bond donors (Lipinski definition) is 2. The summed E-state index contributed by atoms with van der Waals surface area (Å²) in [4.78, 5) is 26.1. The summed E-state index contributed by atoms with van der Waals surface area (Å²) in [6, 6.07) is 9.60. The van der Waals surface area contributed by atoms with Gasteiger partial charge >= 0.3 is 0 Å². The lowest BCUT2D eigenvalue weighted by Gasteiger charge is -2.25. The van der Waals surface area contributed by atoms with E-state index in [0.717, 1.165) is 11.8 Å². The van der Waals surface area contributed by atoms with Crippen LogP contribution in [-0.4, -0.2) is 51.0 Å². The maximum Gasteiger partial charge on any atom is 0.225 e. The van der Waals surface area contributed by atoms with Gasteiger partial charge in [0, 0.05) is 26.1 Å². The van der Waals surface area contributed by atoms with Crippen molar-refractivity contribution >= 4 is 21.8 Å². The minimum Gasteiger partial charge on any atom is -0.354 e. The minimum absolute atomic E-state index is 0.0410. The SMILES string of the molecule is CC(c1ccccc1)N1CC(C(=O)NCCNS(C)(=O)=O)CC1=O. The van der Waals surface area contributed by atoms with Crippen LogP contribution in [-0.2, 0) is 19.6 Å². The predicted octanol–water partition coefficient (Wildman–Crippen LogP) is 0.262. The molecule has 2 atom stereocenters. The Hall–Kier alpha value is -1.93. The molecule has 1 aromatic carbocycles. The Morgan fingerprint density at radius 2 is 1.96 bits per heavy atom. The van der Waals surface area contributed by atoms with Crippen LogP contribution in [0, 0.1) is 5.92 Å². The number of hydrogen-bond acceptors (Lipinski definition) is 4. The highest BCUT2D eigenvalue weighted by atomic mass is 32.2. The molecule has 0 spiro atoms. The second kappa shape index (κ2) is 7.76. The molecule has 1 saturated heterocycles. The molecule has 2 unspecified atom stereocenters. The van der Waals surface area contributed by atoms with Gasteiger partial charge in [0.15, 0.2) is 0 Å². The minimum atomic E-state index is -3.26. The van der Waals surface area contributed by atoms with Crippen LogP contribution < -0.4 is 10.0 Å². The highest BCUT2D eigenvalue weighted by molar-refractivity contribution is 7.88. The van der Waals surface area contributed by atoms with E-state index in [1.165, 1.54) is 0 Å². The number of rotatable bonds is 7. The first-order valence-corrected chi connectivity index (χ1v) is 9.74. The highest BCUT2D eigenvalue weighted by Gasteiger charge is 2.36. The van der Waals surface area contributed by atoms with E-state index in [0.29, 0.717) is 6.54 Å². The summed E-state index contributed by atoms with van der Waals surface area (Å²) in [5.41, 5.74) is 1.03. The second-order valence-electron chi connectivity index (χ2n) is 5.99. The zero-order valence-electron chi connectivity index (χ0n) is 13.9. The largest absolute Gasteiger partial charge is 0.354 e. The Morgan fingerprint density at radius 3 is 2.58 bits per heavy atom. The molecular weight excluding hydrogens is 330 g/mol. The fourth-order valence-corrected chi connectivity index (χ4v) is 3.23. The fraction of sp³-hybridized carbons (Fsp3) is 0.500. The summed E-state index contributed by atoms with van der Waals surface area (Å²) in [6.07, 6.45) is 1.25. The topological polar surface area (TPSA) is 95.6 Å². The van der Waals surface area contributed by atoms with Gasteiger partial charge in [0.2, 0.25) is 21.8 Å². The van der Waals surface area contributed by atoms with Crippen molar-refractivity contribution < 1.29 is 18.0 Å². The van der Waals surface area contributed by atoms with Crippen molar-refractivity contribution in [3.63, 3.8) is 0 Å². The molecule has 0 bridgehead atoms. The van der Waals surface area contributed by atoms with Crippen LogP contribution in [0.4, 0.5) is 0 Å². The quantitative estimate of drug-likeness (QED) is 0.688. The fourth-order valence-electron chi connectivity index (χ4n) is 2.76. The van der Waals surface area contributed by atoms with Gasteiger partial charge in [0.1, 0.15) is 0 Å². The molecule has 0 aliphatic carbocycles. The van der Waals surface area contributed by atoms with Crippen LogP contribution >= 0.6 is 0 Å². The number of carbonyl (C=O) groups excluding carboxylic acids is 2. The Bertz CT molecular complexity index is 691. The lowest BCUT2D eigenvalue weighted by Crippen LogP contribution is -2.38. The van der Waals surface area contributed by atoms with Crippen molar-refractivity contribution in [3.05, 3.63) is 35.9 Å². The van der Waals surface area contributed by atoms with Crippen molar-refractivity contribution in [2.75, 3.05) is 25.9 Å². The average molecular weight is 353 g/mol. The monoisotopic (exact) mass is 353 g/mol. The molecule has 1 aliphatic rings. The smallest absolute Gasteiger partial charge is 0.225 e. The molecule has 7 nitrogen and oxygen atoms in total. The molecule has 2 rings (SSSR count). The van der Waals surface area contributed by atoms with E-state index in [1.807, 2.05) is 37.3 Å². The third-order valence-electron chi connectivity index (χ3n) is 4.07. The van der Waals surface area contributed by atoms with Crippen LogP contribution in [0.3, 0.4) is 0 Å². The Labute approximate surface area is 142 Å². The van der Waals surface area contributed by atoms with Gasteiger partial charge in [0.05, 0.1) is 18.2 Å². The molecule has 0 radical (unpaired) electrons. The standard InChI is InChI=1S/C16H23N3O4S/c1-12(13-6-4-3-5-7-13)19-11-14(10-15(19)20)16(21)17-8-9-18-24(2,22)23/h3-7,12,14,18H,8-11H2,1-2H3,(H,17,21). The van der Waals surface area contributed by atoms with Crippen LogP contribution in [0.15, 0.2) is 30.3 Å². The van der Waals surface area contributed by atoms with Crippen LogP contribution in [0.1, 0.15) is 24.9 Å². The second-order valence-corrected chi connectivity index (χ2v) is 7.82. The van der Waals surface area contributed by atoms with E-state index in [9.17, 15) is 18.0 Å². The molecule has 132 valence electrons. The number of amides is 2. The summed E-state index contributed by atoms with van der Waals surface area (Å²) >= 11 is 0. The van der Waals surface area contributed by atoms with Crippen molar-refractivity contribution in [1.29, 1.82) is 0 Å². The number of benzene rings is 1. The third kappa shape index (κ3) is 5.04. The maximum absolute atomic E-state index is 12.2. The molecular formula is C16H23N3O4S. The third-order valence-corrected chi connectivity index (χ3v) is 4.80. The number of carbonyl (C=O) groups is 2. The predicted molar refractivity (Wildman–Crippen MR) is 90.5 cm³/mol. The van der Waals surface area contributed by atoms with Gasteiger partial charge < -0.3 is 10.2 Å². The van der Waals surface area contributed by atoms with Gasteiger partial charge in [-0.3, -0.25) is 9.59 Å². The molecule has 8 heteroatoms. The van der Waals surface area contributed by atoms with E-state index in [1.54, 1.807) is 4.90 Å². The van der Waals surface area contributed by atoms with E-state index in [2.05, 4.69) is 10.0 Å². The summed E-state index contributed by atoms with van der Waals surface area (Å²) in [5.74, 6) is -0.663. The van der Waals surface area contributed by atoms with Gasteiger partial charge in [-0.2, -0.15) is 0 Å². The number of likely N-dealkylation sites (tertiary alicyclic amines) is 1. The van der Waals surface area contributed by atoms with E-state index >= 15 is 0 Å². The molecule has 1 aromatic rings.